The van der Waals surface area contributed by atoms with E-state index in [9.17, 15) is 0 Å². The first kappa shape index (κ1) is 12.5. The molecule has 0 saturated carbocycles. The van der Waals surface area contributed by atoms with Crippen molar-refractivity contribution in [2.24, 2.45) is 11.8 Å². The maximum absolute atomic E-state index is 5.95. The van der Waals surface area contributed by atoms with Crippen molar-refractivity contribution < 1.29 is 0 Å². The molecule has 0 spiro atoms. The summed E-state index contributed by atoms with van der Waals surface area (Å²) < 4.78 is 0. The molecule has 0 aliphatic rings. The fourth-order valence-corrected chi connectivity index (χ4v) is 1.79. The second kappa shape index (κ2) is 6.11. The summed E-state index contributed by atoms with van der Waals surface area (Å²) >= 11 is 5.95. The van der Waals surface area contributed by atoms with Gasteiger partial charge in [-0.05, 0) is 30.0 Å². The first-order valence-electron chi connectivity index (χ1n) is 5.39. The fraction of sp³-hybridized carbons (Fsp3) is 0.500. The minimum atomic E-state index is 0.193. The van der Waals surface area contributed by atoms with Gasteiger partial charge in [0.1, 0.15) is 0 Å². The van der Waals surface area contributed by atoms with E-state index in [4.69, 9.17) is 17.4 Å². The van der Waals surface area contributed by atoms with Crippen molar-refractivity contribution >= 4 is 11.6 Å². The van der Waals surface area contributed by atoms with E-state index in [0.717, 1.165) is 17.0 Å². The van der Waals surface area contributed by atoms with Crippen molar-refractivity contribution in [3.8, 4) is 0 Å². The number of rotatable bonds is 5. The molecule has 2 unspecified atom stereocenters. The third-order valence-corrected chi connectivity index (χ3v) is 3.02. The maximum Gasteiger partial charge on any atom is 0.0463 e. The molecule has 2 atom stereocenters. The van der Waals surface area contributed by atoms with Crippen LogP contribution in [0.4, 0.5) is 0 Å². The molecule has 0 bridgehead atoms. The first-order valence-corrected chi connectivity index (χ1v) is 5.76. The lowest BCUT2D eigenvalue weighted by Crippen LogP contribution is -2.29. The lowest BCUT2D eigenvalue weighted by atomic mass is 9.95. The van der Waals surface area contributed by atoms with Gasteiger partial charge < -0.3 is 0 Å². The van der Waals surface area contributed by atoms with Crippen LogP contribution in [0.5, 0.6) is 0 Å². The van der Waals surface area contributed by atoms with Gasteiger partial charge in [0.15, 0.2) is 0 Å². The van der Waals surface area contributed by atoms with E-state index >= 15 is 0 Å². The van der Waals surface area contributed by atoms with Crippen LogP contribution in [-0.4, -0.2) is 0 Å². The second-order valence-corrected chi connectivity index (χ2v) is 4.46. The van der Waals surface area contributed by atoms with E-state index in [1.807, 2.05) is 18.2 Å². The number of nitrogens with one attached hydrogen (secondary N) is 1. The van der Waals surface area contributed by atoms with Gasteiger partial charge in [-0.1, -0.05) is 44.0 Å². The van der Waals surface area contributed by atoms with Gasteiger partial charge in [-0.25, -0.2) is 0 Å². The average molecular weight is 227 g/mol. The summed E-state index contributed by atoms with van der Waals surface area (Å²) in [7, 11) is 0. The minimum absolute atomic E-state index is 0.193. The van der Waals surface area contributed by atoms with E-state index in [2.05, 4.69) is 25.3 Å². The van der Waals surface area contributed by atoms with Gasteiger partial charge in [0, 0.05) is 11.1 Å². The molecule has 3 N–H and O–H groups in total. The number of nitrogens with two attached hydrogens (primary N) is 1. The Balaban J connectivity index is 2.73. The SMILES string of the molecule is CCC(C)CC(NN)c1cccc(Cl)c1. The molecule has 0 aliphatic carbocycles. The summed E-state index contributed by atoms with van der Waals surface area (Å²) in [5, 5.41) is 0.761. The molecule has 0 fully saturated rings. The van der Waals surface area contributed by atoms with Crippen LogP contribution >= 0.6 is 11.6 Å². The van der Waals surface area contributed by atoms with Crippen molar-refractivity contribution in [1.29, 1.82) is 0 Å². The van der Waals surface area contributed by atoms with Gasteiger partial charge >= 0.3 is 0 Å². The monoisotopic (exact) mass is 226 g/mol. The van der Waals surface area contributed by atoms with Crippen LogP contribution in [0.2, 0.25) is 5.02 Å². The molecule has 84 valence electrons. The molecule has 0 aliphatic heterocycles. The Bertz CT molecular complexity index is 301. The number of hydrogen-bond donors (Lipinski definition) is 2. The zero-order valence-corrected chi connectivity index (χ0v) is 10.1. The molecule has 1 aromatic rings. The number of hydrogen-bond acceptors (Lipinski definition) is 2. The van der Waals surface area contributed by atoms with Crippen LogP contribution in [0, 0.1) is 5.92 Å². The fourth-order valence-electron chi connectivity index (χ4n) is 1.59. The van der Waals surface area contributed by atoms with Crippen molar-refractivity contribution in [2.45, 2.75) is 32.7 Å². The van der Waals surface area contributed by atoms with E-state index in [1.54, 1.807) is 0 Å². The highest BCUT2D eigenvalue weighted by atomic mass is 35.5. The largest absolute Gasteiger partial charge is 0.271 e. The Hall–Kier alpha value is -0.570. The number of benzene rings is 1. The number of hydrazine groups is 1. The van der Waals surface area contributed by atoms with Crippen LogP contribution in [0.15, 0.2) is 24.3 Å². The molecule has 1 rings (SSSR count). The van der Waals surface area contributed by atoms with Crippen LogP contribution < -0.4 is 11.3 Å². The van der Waals surface area contributed by atoms with Gasteiger partial charge in [0.05, 0.1) is 0 Å². The Morgan fingerprint density at radius 2 is 2.20 bits per heavy atom. The molecule has 0 aromatic heterocycles. The van der Waals surface area contributed by atoms with Crippen LogP contribution in [0.1, 0.15) is 38.3 Å². The van der Waals surface area contributed by atoms with Gasteiger partial charge in [-0.15, -0.1) is 0 Å². The summed E-state index contributed by atoms with van der Waals surface area (Å²) in [6, 6.07) is 8.05. The highest BCUT2D eigenvalue weighted by molar-refractivity contribution is 6.30. The van der Waals surface area contributed by atoms with Crippen molar-refractivity contribution in [2.75, 3.05) is 0 Å². The van der Waals surface area contributed by atoms with E-state index in [-0.39, 0.29) is 6.04 Å². The van der Waals surface area contributed by atoms with Gasteiger partial charge in [0.2, 0.25) is 0 Å². The van der Waals surface area contributed by atoms with Crippen LogP contribution in [0.25, 0.3) is 0 Å². The molecule has 0 radical (unpaired) electrons. The third kappa shape index (κ3) is 3.82. The van der Waals surface area contributed by atoms with Crippen LogP contribution in [0.3, 0.4) is 0 Å². The average Bonchev–Trinajstić information content (AvgIpc) is 2.25. The van der Waals surface area contributed by atoms with Crippen molar-refractivity contribution in [3.05, 3.63) is 34.9 Å². The predicted molar refractivity (Wildman–Crippen MR) is 65.6 cm³/mol. The summed E-state index contributed by atoms with van der Waals surface area (Å²) in [5.74, 6) is 6.22. The molecule has 0 heterocycles. The molecular formula is C12H19ClN2. The predicted octanol–water partition coefficient (Wildman–Crippen LogP) is 3.28. The molecule has 0 saturated heterocycles. The van der Waals surface area contributed by atoms with E-state index in [1.165, 1.54) is 6.42 Å². The Morgan fingerprint density at radius 1 is 1.47 bits per heavy atom. The summed E-state index contributed by atoms with van der Waals surface area (Å²) in [6.07, 6.45) is 2.20. The maximum atomic E-state index is 5.95. The third-order valence-electron chi connectivity index (χ3n) is 2.79. The van der Waals surface area contributed by atoms with Gasteiger partial charge in [-0.3, -0.25) is 11.3 Å². The molecule has 1 aromatic carbocycles. The smallest absolute Gasteiger partial charge is 0.0463 e. The topological polar surface area (TPSA) is 38.0 Å². The van der Waals surface area contributed by atoms with E-state index in [0.29, 0.717) is 5.92 Å². The quantitative estimate of drug-likeness (QED) is 0.597. The zero-order chi connectivity index (χ0) is 11.3. The lowest BCUT2D eigenvalue weighted by Gasteiger charge is -2.20. The summed E-state index contributed by atoms with van der Waals surface area (Å²) in [6.45, 7) is 4.42. The second-order valence-electron chi connectivity index (χ2n) is 4.02. The van der Waals surface area contributed by atoms with E-state index < -0.39 is 0 Å². The normalized spacial score (nSPS) is 14.9. The zero-order valence-electron chi connectivity index (χ0n) is 9.33. The molecular weight excluding hydrogens is 208 g/mol. The van der Waals surface area contributed by atoms with Gasteiger partial charge in [-0.2, -0.15) is 0 Å². The van der Waals surface area contributed by atoms with Crippen LogP contribution in [-0.2, 0) is 0 Å². The van der Waals surface area contributed by atoms with Gasteiger partial charge in [0.25, 0.3) is 0 Å². The number of halogens is 1. The summed E-state index contributed by atoms with van der Waals surface area (Å²) in [4.78, 5) is 0. The molecule has 15 heavy (non-hydrogen) atoms. The van der Waals surface area contributed by atoms with Crippen molar-refractivity contribution in [1.82, 2.24) is 5.43 Å². The highest BCUT2D eigenvalue weighted by Crippen LogP contribution is 2.24. The minimum Gasteiger partial charge on any atom is -0.271 e. The standard InChI is InChI=1S/C12H19ClN2/c1-3-9(2)7-12(15-14)10-5-4-6-11(13)8-10/h4-6,8-9,12,15H,3,7,14H2,1-2H3. The Kier molecular flexibility index (Phi) is 5.09. The van der Waals surface area contributed by atoms with Crippen molar-refractivity contribution in [3.63, 3.8) is 0 Å². The molecule has 2 nitrogen and oxygen atoms in total. The lowest BCUT2D eigenvalue weighted by molar-refractivity contribution is 0.408. The summed E-state index contributed by atoms with van der Waals surface area (Å²) in [5.41, 5.74) is 4.01. The highest BCUT2D eigenvalue weighted by Gasteiger charge is 2.12. The molecule has 3 heteroatoms. The Morgan fingerprint density at radius 3 is 2.73 bits per heavy atom. The first-order chi connectivity index (χ1) is 7.17. The molecule has 0 amide bonds. The Labute approximate surface area is 96.8 Å².